The van der Waals surface area contributed by atoms with Crippen LogP contribution in [0.15, 0.2) is 146 Å². The van der Waals surface area contributed by atoms with E-state index in [2.05, 4.69) is 160 Å². The number of ether oxygens (including phenoxy) is 4. The van der Waals surface area contributed by atoms with Crippen molar-refractivity contribution in [2.75, 3.05) is 47.5 Å². The van der Waals surface area contributed by atoms with Crippen LogP contribution in [0.4, 0.5) is 0 Å². The van der Waals surface area contributed by atoms with Gasteiger partial charge in [0.1, 0.15) is 13.2 Å². The summed E-state index contributed by atoms with van der Waals surface area (Å²) in [7, 11) is 5.92. The van der Waals surface area contributed by atoms with Gasteiger partial charge in [0.15, 0.2) is 12.4 Å². The molecule has 506 valence electrons. The van der Waals surface area contributed by atoms with Crippen LogP contribution < -0.4 is 5.11 Å². The lowest BCUT2D eigenvalue weighted by molar-refractivity contribution is -0.870. The highest BCUT2D eigenvalue weighted by atomic mass is 16.7. The minimum absolute atomic E-state index is 0.140. The molecular formula is C80H133NO8. The van der Waals surface area contributed by atoms with Crippen LogP contribution in [-0.4, -0.2) is 82.3 Å². The Morgan fingerprint density at radius 1 is 0.337 bits per heavy atom. The summed E-state index contributed by atoms with van der Waals surface area (Å²) in [6.07, 6.45) is 97.8. The predicted octanol–water partition coefficient (Wildman–Crippen LogP) is 21.4. The van der Waals surface area contributed by atoms with E-state index in [4.69, 9.17) is 18.9 Å². The standard InChI is InChI=1S/C80H133NO8/c1-6-8-10-12-14-16-18-20-22-24-26-28-30-32-34-36-38-39-41-42-44-46-48-50-52-54-56-58-60-62-64-66-68-70-77(82)87-74-76(75-88-80(79(84)85)86-73-72-81(3,4)5)89-78(83)71-69-67-65-63-61-59-57-55-53-51-49-47-45-43-40-37-35-33-31-29-27-25-23-21-19-17-15-13-11-9-7-2/h8-11,14-17,20-23,26-29,32-35,40,43,47,49,76,80H,6-7,12-13,18-19,24-25,30-31,36-39,41-42,44-46,48,50-75H2,1-5H3/b10-8-,11-9-,16-14-,17-15-,22-20-,23-21-,28-26-,29-27-,34-32-,35-33-,43-40-,49-47-. The van der Waals surface area contributed by atoms with Crippen molar-refractivity contribution in [3.8, 4) is 0 Å². The summed E-state index contributed by atoms with van der Waals surface area (Å²) in [6.45, 7) is 4.52. The highest BCUT2D eigenvalue weighted by Gasteiger charge is 2.22. The third-order valence-corrected chi connectivity index (χ3v) is 15.1. The van der Waals surface area contributed by atoms with Crippen molar-refractivity contribution in [2.24, 2.45) is 0 Å². The number of carbonyl (C=O) groups is 3. The van der Waals surface area contributed by atoms with Gasteiger partial charge in [-0.3, -0.25) is 9.59 Å². The van der Waals surface area contributed by atoms with Gasteiger partial charge in [0, 0.05) is 12.8 Å². The van der Waals surface area contributed by atoms with Crippen LogP contribution in [0.3, 0.4) is 0 Å². The number of unbranched alkanes of at least 4 members (excludes halogenated alkanes) is 26. The van der Waals surface area contributed by atoms with E-state index in [0.717, 1.165) is 122 Å². The van der Waals surface area contributed by atoms with Crippen LogP contribution in [-0.2, 0) is 33.3 Å². The van der Waals surface area contributed by atoms with E-state index in [1.54, 1.807) is 0 Å². The molecule has 0 aliphatic rings. The van der Waals surface area contributed by atoms with Crippen molar-refractivity contribution >= 4 is 17.9 Å². The van der Waals surface area contributed by atoms with Gasteiger partial charge in [-0.1, -0.05) is 301 Å². The van der Waals surface area contributed by atoms with Crippen LogP contribution in [0, 0.1) is 0 Å². The zero-order valence-electron chi connectivity index (χ0n) is 57.8. The van der Waals surface area contributed by atoms with E-state index >= 15 is 0 Å². The molecule has 0 aliphatic carbocycles. The minimum Gasteiger partial charge on any atom is -0.545 e. The minimum atomic E-state index is -1.63. The van der Waals surface area contributed by atoms with Crippen LogP contribution in [0.2, 0.25) is 0 Å². The zero-order valence-corrected chi connectivity index (χ0v) is 57.8. The SMILES string of the molecule is CC/C=C\C/C=C\C/C=C\C/C=C\C/C=C\C/C=C\C/C=C\CCCCCCCCCCCC(=O)OC(COC(=O)CCCCCCCCCCCCCCCCCCC/C=C\C/C=C\C/C=C\C/C=C\C/C=C\CC)COC(OCC[N+](C)(C)C)C(=O)[O-]. The van der Waals surface area contributed by atoms with Gasteiger partial charge < -0.3 is 33.3 Å². The number of rotatable bonds is 65. The Kier molecular flexibility index (Phi) is 65.3. The Labute approximate surface area is 547 Å². The lowest BCUT2D eigenvalue weighted by atomic mass is 10.0. The third kappa shape index (κ3) is 70.5. The molecule has 0 radical (unpaired) electrons. The van der Waals surface area contributed by atoms with Crippen molar-refractivity contribution in [2.45, 2.75) is 296 Å². The largest absolute Gasteiger partial charge is 0.545 e. The van der Waals surface area contributed by atoms with Gasteiger partial charge in [-0.25, -0.2) is 0 Å². The third-order valence-electron chi connectivity index (χ3n) is 15.1. The molecule has 0 aromatic rings. The molecule has 2 atom stereocenters. The summed E-state index contributed by atoms with van der Waals surface area (Å²) < 4.78 is 22.8. The fourth-order valence-corrected chi connectivity index (χ4v) is 9.66. The lowest BCUT2D eigenvalue weighted by Gasteiger charge is -2.26. The second kappa shape index (κ2) is 69.1. The van der Waals surface area contributed by atoms with Gasteiger partial charge in [0.2, 0.25) is 0 Å². The Bertz CT molecular complexity index is 1970. The molecule has 0 heterocycles. The van der Waals surface area contributed by atoms with Gasteiger partial charge >= 0.3 is 11.9 Å². The first kappa shape index (κ1) is 84.2. The fraction of sp³-hybridized carbons (Fsp3) is 0.662. The Balaban J connectivity index is 4.14. The van der Waals surface area contributed by atoms with Crippen molar-refractivity contribution in [3.05, 3.63) is 146 Å². The van der Waals surface area contributed by atoms with Crippen molar-refractivity contribution < 1.29 is 42.9 Å². The van der Waals surface area contributed by atoms with E-state index < -0.39 is 24.3 Å². The Hall–Kier alpha value is -4.83. The molecule has 0 bridgehead atoms. The van der Waals surface area contributed by atoms with Gasteiger partial charge in [0.05, 0.1) is 40.3 Å². The van der Waals surface area contributed by atoms with Crippen LogP contribution in [0.1, 0.15) is 284 Å². The summed E-state index contributed by atoms with van der Waals surface area (Å²) in [6, 6.07) is 0. The smallest absolute Gasteiger partial charge is 0.306 e. The van der Waals surface area contributed by atoms with Crippen LogP contribution in [0.25, 0.3) is 0 Å². The van der Waals surface area contributed by atoms with Gasteiger partial charge in [-0.2, -0.15) is 0 Å². The van der Waals surface area contributed by atoms with Crippen molar-refractivity contribution in [1.82, 2.24) is 0 Å². The number of carbonyl (C=O) groups excluding carboxylic acids is 3. The quantitative estimate of drug-likeness (QED) is 0.0195. The second-order valence-corrected chi connectivity index (χ2v) is 24.8. The molecule has 0 aliphatic heterocycles. The molecule has 0 saturated heterocycles. The molecule has 9 nitrogen and oxygen atoms in total. The summed E-state index contributed by atoms with van der Waals surface area (Å²) in [5, 5.41) is 11.8. The number of esters is 2. The number of hydrogen-bond acceptors (Lipinski definition) is 8. The first-order valence-electron chi connectivity index (χ1n) is 36.0. The van der Waals surface area contributed by atoms with E-state index in [1.807, 2.05) is 21.1 Å². The normalized spacial score (nSPS) is 13.6. The molecular weight excluding hydrogens is 1100 g/mol. The first-order valence-corrected chi connectivity index (χ1v) is 36.0. The average Bonchev–Trinajstić information content (AvgIpc) is 3.64. The molecule has 0 rings (SSSR count). The Morgan fingerprint density at radius 2 is 0.607 bits per heavy atom. The molecule has 9 heteroatoms. The highest BCUT2D eigenvalue weighted by Crippen LogP contribution is 2.17. The summed E-state index contributed by atoms with van der Waals surface area (Å²) in [4.78, 5) is 37.5. The number of nitrogens with zero attached hydrogens (tertiary/aromatic N) is 1. The number of allylic oxidation sites excluding steroid dienone is 24. The summed E-state index contributed by atoms with van der Waals surface area (Å²) >= 11 is 0. The molecule has 0 aromatic heterocycles. The maximum atomic E-state index is 12.9. The molecule has 2 unspecified atom stereocenters. The number of carboxylic acids is 1. The zero-order chi connectivity index (χ0) is 64.7. The monoisotopic (exact) mass is 1240 g/mol. The average molecular weight is 1240 g/mol. The van der Waals surface area contributed by atoms with E-state index in [9.17, 15) is 19.5 Å². The summed E-state index contributed by atoms with van der Waals surface area (Å²) in [5.41, 5.74) is 0. The van der Waals surface area contributed by atoms with Gasteiger partial charge in [0.25, 0.3) is 0 Å². The number of aliphatic carboxylic acids is 1. The second-order valence-electron chi connectivity index (χ2n) is 24.8. The van der Waals surface area contributed by atoms with Gasteiger partial charge in [-0.15, -0.1) is 0 Å². The lowest BCUT2D eigenvalue weighted by Crippen LogP contribution is -2.44. The number of hydrogen-bond donors (Lipinski definition) is 0. The molecule has 0 N–H and O–H groups in total. The topological polar surface area (TPSA) is 111 Å². The van der Waals surface area contributed by atoms with Crippen LogP contribution in [0.5, 0.6) is 0 Å². The van der Waals surface area contributed by atoms with Crippen molar-refractivity contribution in [1.29, 1.82) is 0 Å². The number of likely N-dealkylation sites (N-methyl/N-ethyl adjacent to an activating group) is 1. The van der Waals surface area contributed by atoms with Crippen LogP contribution >= 0.6 is 0 Å². The van der Waals surface area contributed by atoms with Gasteiger partial charge in [-0.05, 0) is 116 Å². The molecule has 0 aromatic carbocycles. The Morgan fingerprint density at radius 3 is 0.899 bits per heavy atom. The predicted molar refractivity (Wildman–Crippen MR) is 379 cm³/mol. The molecule has 89 heavy (non-hydrogen) atoms. The maximum Gasteiger partial charge on any atom is 0.306 e. The van der Waals surface area contributed by atoms with E-state index in [-0.39, 0.29) is 38.6 Å². The molecule has 0 spiro atoms. The number of quaternary nitrogens is 1. The first-order chi connectivity index (χ1) is 43.6. The van der Waals surface area contributed by atoms with E-state index in [1.165, 1.54) is 128 Å². The fourth-order valence-electron chi connectivity index (χ4n) is 9.66. The van der Waals surface area contributed by atoms with Crippen molar-refractivity contribution in [3.63, 3.8) is 0 Å². The van der Waals surface area contributed by atoms with E-state index in [0.29, 0.717) is 17.4 Å². The summed E-state index contributed by atoms with van der Waals surface area (Å²) in [5.74, 6) is -2.29. The molecule has 0 amide bonds. The maximum absolute atomic E-state index is 12.9. The number of carboxylic acid groups (broad SMARTS) is 1. The molecule has 0 fully saturated rings. The highest BCUT2D eigenvalue weighted by molar-refractivity contribution is 5.70. The molecule has 0 saturated carbocycles.